The Morgan fingerprint density at radius 2 is 1.73 bits per heavy atom. The van der Waals surface area contributed by atoms with E-state index in [-0.39, 0.29) is 6.54 Å². The molecule has 1 aliphatic carbocycles. The fourth-order valence-corrected chi connectivity index (χ4v) is 3.87. The zero-order valence-corrected chi connectivity index (χ0v) is 13.3. The first kappa shape index (κ1) is 15.3. The number of nitrogens with zero attached hydrogens (tertiary/aromatic N) is 1. The maximum Gasteiger partial charge on any atom is 0.359 e. The van der Waals surface area contributed by atoms with Crippen LogP contribution in [-0.2, 0) is 4.79 Å². The Bertz CT molecular complexity index is 486. The van der Waals surface area contributed by atoms with Crippen molar-refractivity contribution >= 4 is 11.7 Å². The van der Waals surface area contributed by atoms with E-state index in [4.69, 9.17) is 5.11 Å². The van der Waals surface area contributed by atoms with Crippen molar-refractivity contribution in [2.75, 3.05) is 37.6 Å². The van der Waals surface area contributed by atoms with E-state index in [0.29, 0.717) is 0 Å². The van der Waals surface area contributed by atoms with Gasteiger partial charge in [-0.15, -0.1) is 0 Å². The van der Waals surface area contributed by atoms with Gasteiger partial charge in [-0.25, -0.2) is 4.79 Å². The van der Waals surface area contributed by atoms with Gasteiger partial charge in [-0.1, -0.05) is 31.4 Å². The Hall–Kier alpha value is -1.55. The van der Waals surface area contributed by atoms with E-state index in [9.17, 15) is 4.79 Å². The van der Waals surface area contributed by atoms with Crippen molar-refractivity contribution in [2.45, 2.75) is 38.0 Å². The van der Waals surface area contributed by atoms with Gasteiger partial charge in [0.2, 0.25) is 0 Å². The summed E-state index contributed by atoms with van der Waals surface area (Å²) in [5.74, 6) is 0.0694. The molecule has 0 radical (unpaired) electrons. The lowest BCUT2D eigenvalue weighted by molar-refractivity contribution is -0.893. The first-order valence-electron chi connectivity index (χ1n) is 8.62. The van der Waals surface area contributed by atoms with Crippen LogP contribution < -0.4 is 9.80 Å². The summed E-state index contributed by atoms with van der Waals surface area (Å²) in [6.45, 7) is 3.97. The molecule has 4 nitrogen and oxygen atoms in total. The van der Waals surface area contributed by atoms with Crippen LogP contribution in [0.15, 0.2) is 24.3 Å². The molecule has 1 aromatic rings. The van der Waals surface area contributed by atoms with E-state index in [0.717, 1.165) is 32.1 Å². The molecule has 2 aliphatic rings. The Balaban J connectivity index is 1.56. The number of rotatable bonds is 4. The molecule has 22 heavy (non-hydrogen) atoms. The number of carbonyl (C=O) groups is 1. The molecule has 4 heteroatoms. The summed E-state index contributed by atoms with van der Waals surface area (Å²) in [5.41, 5.74) is 2.78. The first-order chi connectivity index (χ1) is 10.7. The van der Waals surface area contributed by atoms with E-state index in [1.54, 1.807) is 0 Å². The Kier molecular flexibility index (Phi) is 4.98. The van der Waals surface area contributed by atoms with Crippen LogP contribution in [0, 0.1) is 0 Å². The van der Waals surface area contributed by atoms with Crippen LogP contribution >= 0.6 is 0 Å². The summed E-state index contributed by atoms with van der Waals surface area (Å²) in [6, 6.07) is 9.13. The summed E-state index contributed by atoms with van der Waals surface area (Å²) in [4.78, 5) is 14.3. The van der Waals surface area contributed by atoms with Crippen molar-refractivity contribution in [3.05, 3.63) is 29.8 Å². The molecule has 1 aliphatic heterocycles. The Morgan fingerprint density at radius 1 is 1.09 bits per heavy atom. The van der Waals surface area contributed by atoms with Crippen molar-refractivity contribution in [2.24, 2.45) is 0 Å². The van der Waals surface area contributed by atoms with Crippen molar-refractivity contribution < 1.29 is 14.8 Å². The number of anilines is 1. The van der Waals surface area contributed by atoms with Gasteiger partial charge in [0.1, 0.15) is 0 Å². The zero-order chi connectivity index (χ0) is 15.4. The maximum atomic E-state index is 10.8. The molecule has 0 atom stereocenters. The smallest absolute Gasteiger partial charge is 0.359 e. The SMILES string of the molecule is O=C(O)C[NH+]1CCN(c2ccc(C3CCCCC3)cc2)CC1. The molecule has 3 rings (SSSR count). The molecule has 120 valence electrons. The van der Waals surface area contributed by atoms with Gasteiger partial charge < -0.3 is 14.9 Å². The number of hydrogen-bond acceptors (Lipinski definition) is 2. The summed E-state index contributed by atoms with van der Waals surface area (Å²) < 4.78 is 0. The lowest BCUT2D eigenvalue weighted by Crippen LogP contribution is -3.15. The second kappa shape index (κ2) is 7.14. The fraction of sp³-hybridized carbons (Fsp3) is 0.611. The molecular weight excluding hydrogens is 276 g/mol. The average molecular weight is 303 g/mol. The monoisotopic (exact) mass is 303 g/mol. The predicted octanol–water partition coefficient (Wildman–Crippen LogP) is 1.52. The van der Waals surface area contributed by atoms with Crippen molar-refractivity contribution in [1.29, 1.82) is 0 Å². The van der Waals surface area contributed by atoms with Crippen LogP contribution in [0.25, 0.3) is 0 Å². The van der Waals surface area contributed by atoms with Gasteiger partial charge in [-0.2, -0.15) is 0 Å². The van der Waals surface area contributed by atoms with Gasteiger partial charge in [0.15, 0.2) is 6.54 Å². The molecule has 1 saturated heterocycles. The van der Waals surface area contributed by atoms with Gasteiger partial charge in [-0.05, 0) is 36.5 Å². The molecule has 0 spiro atoms. The van der Waals surface area contributed by atoms with E-state index in [1.807, 2.05) is 0 Å². The van der Waals surface area contributed by atoms with Gasteiger partial charge in [0.05, 0.1) is 26.2 Å². The molecule has 0 unspecified atom stereocenters. The molecule has 1 saturated carbocycles. The molecule has 1 heterocycles. The molecule has 2 fully saturated rings. The highest BCUT2D eigenvalue weighted by Crippen LogP contribution is 2.33. The summed E-state index contributed by atoms with van der Waals surface area (Å²) in [7, 11) is 0. The van der Waals surface area contributed by atoms with Crippen LogP contribution in [0.3, 0.4) is 0 Å². The molecule has 0 amide bonds. The second-order valence-corrected chi connectivity index (χ2v) is 6.73. The van der Waals surface area contributed by atoms with E-state index >= 15 is 0 Å². The first-order valence-corrected chi connectivity index (χ1v) is 8.62. The normalized spacial score (nSPS) is 21.0. The topological polar surface area (TPSA) is 45.0 Å². The van der Waals surface area contributed by atoms with Gasteiger partial charge in [0, 0.05) is 5.69 Å². The van der Waals surface area contributed by atoms with Crippen LogP contribution in [0.2, 0.25) is 0 Å². The molecule has 0 aromatic heterocycles. The summed E-state index contributed by atoms with van der Waals surface area (Å²) in [6.07, 6.45) is 6.84. The number of benzene rings is 1. The maximum absolute atomic E-state index is 10.8. The zero-order valence-electron chi connectivity index (χ0n) is 13.3. The number of quaternary nitrogens is 1. The van der Waals surface area contributed by atoms with Crippen molar-refractivity contribution in [1.82, 2.24) is 0 Å². The van der Waals surface area contributed by atoms with E-state index in [2.05, 4.69) is 29.2 Å². The van der Waals surface area contributed by atoms with Gasteiger partial charge in [0.25, 0.3) is 0 Å². The van der Waals surface area contributed by atoms with E-state index in [1.165, 1.54) is 48.3 Å². The standard InChI is InChI=1S/C18H26N2O2/c21-18(22)14-19-10-12-20(13-11-19)17-8-6-16(7-9-17)15-4-2-1-3-5-15/h6-9,15H,1-5,10-14H2,(H,21,22)/p+1. The van der Waals surface area contributed by atoms with Gasteiger partial charge >= 0.3 is 5.97 Å². The molecule has 1 aromatic carbocycles. The number of carboxylic acid groups (broad SMARTS) is 1. The fourth-order valence-electron chi connectivity index (χ4n) is 3.87. The van der Waals surface area contributed by atoms with Gasteiger partial charge in [-0.3, -0.25) is 0 Å². The molecule has 0 bridgehead atoms. The molecule has 2 N–H and O–H groups in total. The molecular formula is C18H27N2O2+. The highest BCUT2D eigenvalue weighted by molar-refractivity contribution is 5.67. The third-order valence-electron chi connectivity index (χ3n) is 5.21. The number of carboxylic acids is 1. The number of aliphatic carboxylic acids is 1. The minimum atomic E-state index is -0.694. The van der Waals surface area contributed by atoms with Crippen LogP contribution in [0.1, 0.15) is 43.6 Å². The minimum absolute atomic E-state index is 0.245. The average Bonchev–Trinajstić information content (AvgIpc) is 2.56. The summed E-state index contributed by atoms with van der Waals surface area (Å²) in [5, 5.41) is 8.87. The van der Waals surface area contributed by atoms with Crippen LogP contribution in [-0.4, -0.2) is 43.8 Å². The van der Waals surface area contributed by atoms with E-state index < -0.39 is 5.97 Å². The number of hydrogen-bond donors (Lipinski definition) is 2. The Morgan fingerprint density at radius 3 is 2.32 bits per heavy atom. The highest BCUT2D eigenvalue weighted by Gasteiger charge is 2.22. The lowest BCUT2D eigenvalue weighted by Gasteiger charge is -2.33. The quantitative estimate of drug-likeness (QED) is 0.886. The second-order valence-electron chi connectivity index (χ2n) is 6.73. The van der Waals surface area contributed by atoms with Crippen LogP contribution in [0.4, 0.5) is 5.69 Å². The predicted molar refractivity (Wildman–Crippen MR) is 87.7 cm³/mol. The highest BCUT2D eigenvalue weighted by atomic mass is 16.4. The third-order valence-corrected chi connectivity index (χ3v) is 5.21. The lowest BCUT2D eigenvalue weighted by atomic mass is 9.84. The largest absolute Gasteiger partial charge is 0.477 e. The Labute approximate surface area is 132 Å². The summed E-state index contributed by atoms with van der Waals surface area (Å²) >= 11 is 0. The van der Waals surface area contributed by atoms with Crippen LogP contribution in [0.5, 0.6) is 0 Å². The van der Waals surface area contributed by atoms with Crippen molar-refractivity contribution in [3.63, 3.8) is 0 Å². The number of nitrogens with one attached hydrogen (secondary N) is 1. The number of piperazine rings is 1. The minimum Gasteiger partial charge on any atom is -0.477 e. The van der Waals surface area contributed by atoms with Crippen molar-refractivity contribution in [3.8, 4) is 0 Å². The third kappa shape index (κ3) is 3.80.